The number of carbonyl (C=O) groups excluding carboxylic acids is 2. The normalized spacial score (nSPS) is 18.9. The summed E-state index contributed by atoms with van der Waals surface area (Å²) in [6.07, 6.45) is 1.80. The van der Waals surface area contributed by atoms with Crippen LogP contribution in [0, 0.1) is 0 Å². The van der Waals surface area contributed by atoms with Gasteiger partial charge in [0.2, 0.25) is 5.91 Å². The minimum atomic E-state index is -1.17. The van der Waals surface area contributed by atoms with E-state index in [4.69, 9.17) is 11.6 Å². The molecule has 10 heteroatoms. The average Bonchev–Trinajstić information content (AvgIpc) is 2.89. The van der Waals surface area contributed by atoms with Gasteiger partial charge in [0.05, 0.1) is 12.1 Å². The minimum absolute atomic E-state index is 0.0418. The first-order chi connectivity index (χ1) is 17.4. The van der Waals surface area contributed by atoms with Gasteiger partial charge in [-0.1, -0.05) is 65.8 Å². The van der Waals surface area contributed by atoms with Gasteiger partial charge in [0.15, 0.2) is 0 Å². The second kappa shape index (κ2) is 10.4. The number of amides is 2. The molecular formula is C26H20ClN3O4S2. The molecule has 7 nitrogen and oxygen atoms in total. The second-order valence-corrected chi connectivity index (χ2v) is 10.8. The van der Waals surface area contributed by atoms with Gasteiger partial charge >= 0.3 is 5.97 Å². The highest BCUT2D eigenvalue weighted by atomic mass is 35.5. The van der Waals surface area contributed by atoms with Crippen LogP contribution in [0.15, 0.2) is 88.4 Å². The molecule has 2 aliphatic rings. The van der Waals surface area contributed by atoms with E-state index in [0.717, 1.165) is 21.7 Å². The van der Waals surface area contributed by atoms with Crippen LogP contribution in [-0.2, 0) is 20.8 Å². The number of fused-ring (bicyclic) bond motifs is 1. The first-order valence-corrected chi connectivity index (χ1v) is 13.3. The monoisotopic (exact) mass is 537 g/mol. The van der Waals surface area contributed by atoms with Gasteiger partial charge in [0.25, 0.3) is 5.91 Å². The standard InChI is InChI=1S/C26H20ClN3O4S2/c27-17-10-8-15(9-11-17)13-20(31)29-22-24(32)30-23(26(33)34)19(14-35-25(22)30)36-18-7-4-12-28-21(18)16-5-2-1-3-6-16/h1-12,22,25H,13-14H2,(H,29,31)(H,33,34)/t22-,25-/m1/s1. The van der Waals surface area contributed by atoms with Crippen molar-refractivity contribution in [3.63, 3.8) is 0 Å². The molecule has 1 fully saturated rings. The Labute approximate surface area is 220 Å². The van der Waals surface area contributed by atoms with Crippen molar-refractivity contribution < 1.29 is 19.5 Å². The maximum absolute atomic E-state index is 13.0. The second-order valence-electron chi connectivity index (χ2n) is 8.15. The molecular weight excluding hydrogens is 518 g/mol. The number of aliphatic carboxylic acids is 1. The number of carbonyl (C=O) groups is 3. The number of carboxylic acids is 1. The summed E-state index contributed by atoms with van der Waals surface area (Å²) in [5.41, 5.74) is 2.39. The van der Waals surface area contributed by atoms with E-state index in [1.54, 1.807) is 36.5 Å². The average molecular weight is 538 g/mol. The molecule has 5 rings (SSSR count). The Hall–Kier alpha value is -3.27. The Bertz CT molecular complexity index is 1370. The number of hydrogen-bond acceptors (Lipinski definition) is 6. The summed E-state index contributed by atoms with van der Waals surface area (Å²) in [4.78, 5) is 44.9. The largest absolute Gasteiger partial charge is 0.477 e. The number of hydrogen-bond donors (Lipinski definition) is 2. The van der Waals surface area contributed by atoms with Gasteiger partial charge in [-0.15, -0.1) is 11.8 Å². The number of carboxylic acid groups (broad SMARTS) is 1. The zero-order chi connectivity index (χ0) is 25.2. The van der Waals surface area contributed by atoms with Gasteiger partial charge in [-0.3, -0.25) is 19.5 Å². The molecule has 0 spiro atoms. The lowest BCUT2D eigenvalue weighted by Gasteiger charge is -2.49. The SMILES string of the molecule is O=C(Cc1ccc(Cl)cc1)N[C@@H]1C(=O)N2C(C(=O)O)=C(Sc3cccnc3-c3ccccc3)CS[C@H]12. The number of pyridine rings is 1. The van der Waals surface area contributed by atoms with Crippen molar-refractivity contribution in [1.29, 1.82) is 0 Å². The van der Waals surface area contributed by atoms with E-state index in [-0.39, 0.29) is 18.0 Å². The molecule has 0 radical (unpaired) electrons. The molecule has 1 aromatic heterocycles. The number of rotatable bonds is 7. The summed E-state index contributed by atoms with van der Waals surface area (Å²) < 4.78 is 0. The lowest BCUT2D eigenvalue weighted by atomic mass is 10.0. The van der Waals surface area contributed by atoms with Gasteiger partial charge in [0.1, 0.15) is 17.1 Å². The summed E-state index contributed by atoms with van der Waals surface area (Å²) in [7, 11) is 0. The predicted octanol–water partition coefficient (Wildman–Crippen LogP) is 4.43. The van der Waals surface area contributed by atoms with Crippen molar-refractivity contribution in [2.75, 3.05) is 5.75 Å². The van der Waals surface area contributed by atoms with Crippen LogP contribution in [0.3, 0.4) is 0 Å². The summed E-state index contributed by atoms with van der Waals surface area (Å²) in [6.45, 7) is 0. The Morgan fingerprint density at radius 3 is 2.58 bits per heavy atom. The van der Waals surface area contributed by atoms with E-state index >= 15 is 0 Å². The molecule has 2 atom stereocenters. The van der Waals surface area contributed by atoms with Crippen LogP contribution in [0.4, 0.5) is 0 Å². The Morgan fingerprint density at radius 2 is 1.86 bits per heavy atom. The molecule has 1 saturated heterocycles. The number of thioether (sulfide) groups is 2. The topological polar surface area (TPSA) is 99.6 Å². The molecule has 2 aromatic carbocycles. The molecule has 0 bridgehead atoms. The maximum Gasteiger partial charge on any atom is 0.353 e. The van der Waals surface area contributed by atoms with Gasteiger partial charge in [-0.05, 0) is 29.8 Å². The number of β-lactam (4-membered cyclic amide) rings is 1. The predicted molar refractivity (Wildman–Crippen MR) is 140 cm³/mol. The highest BCUT2D eigenvalue weighted by Gasteiger charge is 2.54. The van der Waals surface area contributed by atoms with E-state index in [0.29, 0.717) is 15.7 Å². The maximum atomic E-state index is 13.0. The van der Waals surface area contributed by atoms with E-state index in [2.05, 4.69) is 10.3 Å². The quantitative estimate of drug-likeness (QED) is 0.430. The van der Waals surface area contributed by atoms with E-state index in [1.165, 1.54) is 28.4 Å². The zero-order valence-corrected chi connectivity index (χ0v) is 21.1. The van der Waals surface area contributed by atoms with E-state index in [9.17, 15) is 19.5 Å². The third kappa shape index (κ3) is 4.86. The molecule has 2 amide bonds. The van der Waals surface area contributed by atoms with E-state index < -0.39 is 23.3 Å². The summed E-state index contributed by atoms with van der Waals surface area (Å²) in [5.74, 6) is -1.51. The molecule has 3 aromatic rings. The summed E-state index contributed by atoms with van der Waals surface area (Å²) >= 11 is 8.63. The van der Waals surface area contributed by atoms with Crippen LogP contribution >= 0.6 is 35.1 Å². The van der Waals surface area contributed by atoms with Crippen LogP contribution < -0.4 is 5.32 Å². The van der Waals surface area contributed by atoms with Crippen LogP contribution in [0.25, 0.3) is 11.3 Å². The molecule has 2 N–H and O–H groups in total. The van der Waals surface area contributed by atoms with Crippen molar-refractivity contribution >= 4 is 52.9 Å². The zero-order valence-electron chi connectivity index (χ0n) is 18.8. The van der Waals surface area contributed by atoms with Crippen LogP contribution in [0.1, 0.15) is 5.56 Å². The van der Waals surface area contributed by atoms with E-state index in [1.807, 2.05) is 36.4 Å². The highest BCUT2D eigenvalue weighted by molar-refractivity contribution is 8.06. The van der Waals surface area contributed by atoms with Crippen molar-refractivity contribution in [2.45, 2.75) is 22.7 Å². The first kappa shape index (κ1) is 24.4. The minimum Gasteiger partial charge on any atom is -0.477 e. The first-order valence-electron chi connectivity index (χ1n) is 11.1. The number of halogens is 1. The Balaban J connectivity index is 1.34. The van der Waals surface area contributed by atoms with Crippen molar-refractivity contribution in [2.24, 2.45) is 0 Å². The summed E-state index contributed by atoms with van der Waals surface area (Å²) in [5, 5.41) is 12.9. The Morgan fingerprint density at radius 1 is 1.11 bits per heavy atom. The lowest BCUT2D eigenvalue weighted by Crippen LogP contribution is -2.70. The fourth-order valence-electron chi connectivity index (χ4n) is 4.10. The van der Waals surface area contributed by atoms with Gasteiger partial charge in [-0.25, -0.2) is 4.79 Å². The fourth-order valence-corrected chi connectivity index (χ4v) is 6.82. The molecule has 182 valence electrons. The van der Waals surface area contributed by atoms with Crippen LogP contribution in [-0.4, -0.2) is 49.9 Å². The molecule has 36 heavy (non-hydrogen) atoms. The number of benzene rings is 2. The van der Waals surface area contributed by atoms with Crippen molar-refractivity contribution in [3.05, 3.63) is 94.1 Å². The smallest absolute Gasteiger partial charge is 0.353 e. The Kier molecular flexibility index (Phi) is 7.04. The molecule has 2 aliphatic heterocycles. The fraction of sp³-hybridized carbons (Fsp3) is 0.154. The molecule has 0 aliphatic carbocycles. The van der Waals surface area contributed by atoms with Crippen molar-refractivity contribution in [3.8, 4) is 11.3 Å². The van der Waals surface area contributed by atoms with Crippen LogP contribution in [0.2, 0.25) is 5.02 Å². The van der Waals surface area contributed by atoms with Crippen LogP contribution in [0.5, 0.6) is 0 Å². The molecule has 0 saturated carbocycles. The van der Waals surface area contributed by atoms with Gasteiger partial charge < -0.3 is 10.4 Å². The van der Waals surface area contributed by atoms with Crippen molar-refractivity contribution in [1.82, 2.24) is 15.2 Å². The molecule has 0 unspecified atom stereocenters. The molecule has 3 heterocycles. The highest BCUT2D eigenvalue weighted by Crippen LogP contribution is 2.46. The van der Waals surface area contributed by atoms with Gasteiger partial charge in [-0.2, -0.15) is 0 Å². The number of aromatic nitrogens is 1. The van der Waals surface area contributed by atoms with Gasteiger partial charge in [0, 0.05) is 32.3 Å². The third-order valence-corrected chi connectivity index (χ3v) is 8.63. The lowest BCUT2D eigenvalue weighted by molar-refractivity contribution is -0.150. The summed E-state index contributed by atoms with van der Waals surface area (Å²) in [6, 6.07) is 19.5. The third-order valence-electron chi connectivity index (χ3n) is 5.78. The number of nitrogens with one attached hydrogen (secondary N) is 1. The number of nitrogens with zero attached hydrogens (tertiary/aromatic N) is 2.